The molecule has 1 aliphatic carbocycles. The van der Waals surface area contributed by atoms with E-state index in [1.165, 1.54) is 0 Å². The molecule has 0 aromatic carbocycles. The van der Waals surface area contributed by atoms with Crippen molar-refractivity contribution in [3.05, 3.63) is 37.1 Å². The van der Waals surface area contributed by atoms with Gasteiger partial charge >= 0.3 is 0 Å². The van der Waals surface area contributed by atoms with Gasteiger partial charge in [0.25, 0.3) is 0 Å². The predicted molar refractivity (Wildman–Crippen MR) is 107 cm³/mol. The third-order valence-electron chi connectivity index (χ3n) is 5.72. The van der Waals surface area contributed by atoms with Crippen LogP contribution in [0.3, 0.4) is 0 Å². The summed E-state index contributed by atoms with van der Waals surface area (Å²) >= 11 is 0. The van der Waals surface area contributed by atoms with Crippen LogP contribution in [0.4, 0.5) is 5.82 Å². The van der Waals surface area contributed by atoms with Crippen LogP contribution in [0.2, 0.25) is 0 Å². The van der Waals surface area contributed by atoms with E-state index in [-0.39, 0.29) is 12.3 Å². The third-order valence-corrected chi connectivity index (χ3v) is 5.72. The van der Waals surface area contributed by atoms with Crippen LogP contribution in [-0.4, -0.2) is 34.2 Å². The van der Waals surface area contributed by atoms with Crippen LogP contribution < -0.4 is 5.73 Å². The highest BCUT2D eigenvalue weighted by Gasteiger charge is 2.47. The minimum atomic E-state index is -0.501. The Balaban J connectivity index is 1.64. The SMILES string of the molecule is Cn1cc(-c2cn3nccc3c(-c3cn([C@]4(CC#N)C[C@@H](C#N)C4)nc3N)n2)cn1. The molecule has 10 heteroatoms. The van der Waals surface area contributed by atoms with Crippen molar-refractivity contribution < 1.29 is 0 Å². The fourth-order valence-electron chi connectivity index (χ4n) is 4.14. The van der Waals surface area contributed by atoms with Gasteiger partial charge in [-0.2, -0.15) is 25.8 Å². The third kappa shape index (κ3) is 2.62. The molecule has 5 rings (SSSR count). The normalized spacial score (nSPS) is 20.6. The molecule has 0 radical (unpaired) electrons. The van der Waals surface area contributed by atoms with Gasteiger partial charge in [0.05, 0.1) is 65.4 Å². The van der Waals surface area contributed by atoms with E-state index in [1.807, 2.05) is 31.7 Å². The molecule has 4 aromatic heterocycles. The quantitative estimate of drug-likeness (QED) is 0.555. The first-order chi connectivity index (χ1) is 14.5. The Morgan fingerprint density at radius 1 is 1.23 bits per heavy atom. The van der Waals surface area contributed by atoms with Crippen molar-refractivity contribution in [1.29, 1.82) is 10.5 Å². The standard InChI is InChI=1S/C20H18N10/c1-28-10-14(9-25-28)16-12-29-17(2-5-24-29)18(26-16)15-11-30(27-19(15)23)20(3-4-21)6-13(7-20)8-22/h2,5,9-13H,3,6-7H2,1H3,(H2,23,27)/t13-,20-. The maximum atomic E-state index is 9.32. The van der Waals surface area contributed by atoms with E-state index in [0.717, 1.165) is 11.1 Å². The number of rotatable bonds is 4. The van der Waals surface area contributed by atoms with Crippen LogP contribution >= 0.6 is 0 Å². The fraction of sp³-hybridized carbons (Fsp3) is 0.300. The number of hydrogen-bond acceptors (Lipinski definition) is 7. The monoisotopic (exact) mass is 398 g/mol. The Morgan fingerprint density at radius 2 is 2.07 bits per heavy atom. The molecule has 0 atom stereocenters. The van der Waals surface area contributed by atoms with Gasteiger partial charge in [-0.25, -0.2) is 9.50 Å². The second kappa shape index (κ2) is 6.42. The van der Waals surface area contributed by atoms with Gasteiger partial charge in [0.1, 0.15) is 5.69 Å². The van der Waals surface area contributed by atoms with Crippen LogP contribution in [0.15, 0.2) is 37.1 Å². The molecule has 0 bridgehead atoms. The molecule has 4 aromatic rings. The number of aromatic nitrogens is 7. The summed E-state index contributed by atoms with van der Waals surface area (Å²) in [5, 5.41) is 31.6. The molecule has 0 saturated heterocycles. The van der Waals surface area contributed by atoms with E-state index in [0.29, 0.717) is 35.6 Å². The number of hydrogen-bond donors (Lipinski definition) is 1. The molecule has 10 nitrogen and oxygen atoms in total. The minimum Gasteiger partial charge on any atom is -0.382 e. The van der Waals surface area contributed by atoms with E-state index in [1.54, 1.807) is 26.3 Å². The summed E-state index contributed by atoms with van der Waals surface area (Å²) in [4.78, 5) is 4.84. The van der Waals surface area contributed by atoms with Crippen LogP contribution in [0.25, 0.3) is 28.0 Å². The largest absolute Gasteiger partial charge is 0.382 e. The Morgan fingerprint density at radius 3 is 2.77 bits per heavy atom. The van der Waals surface area contributed by atoms with E-state index in [9.17, 15) is 10.5 Å². The second-order valence-corrected chi connectivity index (χ2v) is 7.70. The second-order valence-electron chi connectivity index (χ2n) is 7.70. The zero-order valence-electron chi connectivity index (χ0n) is 16.3. The van der Waals surface area contributed by atoms with Gasteiger partial charge < -0.3 is 5.73 Å². The maximum absolute atomic E-state index is 9.32. The summed E-state index contributed by atoms with van der Waals surface area (Å²) in [6, 6.07) is 6.37. The highest BCUT2D eigenvalue weighted by Crippen LogP contribution is 2.47. The first kappa shape index (κ1) is 17.9. The molecule has 30 heavy (non-hydrogen) atoms. The van der Waals surface area contributed by atoms with Crippen LogP contribution in [0.5, 0.6) is 0 Å². The first-order valence-corrected chi connectivity index (χ1v) is 9.49. The molecule has 1 fully saturated rings. The number of nitriles is 2. The summed E-state index contributed by atoms with van der Waals surface area (Å²) in [6.45, 7) is 0. The molecule has 0 spiro atoms. The van der Waals surface area contributed by atoms with Crippen LogP contribution in [-0.2, 0) is 12.6 Å². The van der Waals surface area contributed by atoms with Crippen molar-refractivity contribution >= 4 is 11.3 Å². The molecule has 4 heterocycles. The lowest BCUT2D eigenvalue weighted by Crippen LogP contribution is -2.46. The van der Waals surface area contributed by atoms with Crippen molar-refractivity contribution in [2.24, 2.45) is 13.0 Å². The summed E-state index contributed by atoms with van der Waals surface area (Å²) in [5.41, 5.74) is 9.49. The van der Waals surface area contributed by atoms with Gasteiger partial charge in [-0.3, -0.25) is 9.36 Å². The Kier molecular flexibility index (Phi) is 3.83. The van der Waals surface area contributed by atoms with E-state index in [2.05, 4.69) is 27.4 Å². The predicted octanol–water partition coefficient (Wildman–Crippen LogP) is 2.12. The van der Waals surface area contributed by atoms with Gasteiger partial charge in [-0.15, -0.1) is 0 Å². The maximum Gasteiger partial charge on any atom is 0.155 e. The van der Waals surface area contributed by atoms with Gasteiger partial charge in [0.15, 0.2) is 5.82 Å². The summed E-state index contributed by atoms with van der Waals surface area (Å²) in [7, 11) is 1.85. The van der Waals surface area contributed by atoms with Gasteiger partial charge in [0.2, 0.25) is 0 Å². The smallest absolute Gasteiger partial charge is 0.155 e. The molecule has 148 valence electrons. The van der Waals surface area contributed by atoms with Gasteiger partial charge in [0, 0.05) is 25.0 Å². The lowest BCUT2D eigenvalue weighted by molar-refractivity contribution is 0.0885. The number of nitrogens with two attached hydrogens (primary N) is 1. The number of anilines is 1. The molecule has 0 amide bonds. The fourth-order valence-corrected chi connectivity index (χ4v) is 4.14. The van der Waals surface area contributed by atoms with Crippen molar-refractivity contribution in [1.82, 2.24) is 34.2 Å². The Labute approximate surface area is 171 Å². The average Bonchev–Trinajstić information content (AvgIpc) is 3.43. The molecule has 0 unspecified atom stereocenters. The van der Waals surface area contributed by atoms with Crippen molar-refractivity contribution in [2.75, 3.05) is 5.73 Å². The van der Waals surface area contributed by atoms with E-state index in [4.69, 9.17) is 10.7 Å². The number of fused-ring (bicyclic) bond motifs is 1. The molecular formula is C20H18N10. The molecule has 0 aliphatic heterocycles. The van der Waals surface area contributed by atoms with E-state index < -0.39 is 5.54 Å². The van der Waals surface area contributed by atoms with Crippen molar-refractivity contribution in [2.45, 2.75) is 24.8 Å². The lowest BCUT2D eigenvalue weighted by atomic mass is 9.67. The lowest BCUT2D eigenvalue weighted by Gasteiger charge is -2.43. The number of nitrogens with zero attached hydrogens (tertiary/aromatic N) is 9. The summed E-state index contributed by atoms with van der Waals surface area (Å²) in [6.07, 6.45) is 10.5. The van der Waals surface area contributed by atoms with Crippen LogP contribution in [0, 0.1) is 28.6 Å². The summed E-state index contributed by atoms with van der Waals surface area (Å²) in [5.74, 6) is 0.257. The van der Waals surface area contributed by atoms with Crippen molar-refractivity contribution in [3.63, 3.8) is 0 Å². The summed E-state index contributed by atoms with van der Waals surface area (Å²) < 4.78 is 5.21. The molecular weight excluding hydrogens is 380 g/mol. The topological polar surface area (TPSA) is 139 Å². The zero-order chi connectivity index (χ0) is 20.9. The van der Waals surface area contributed by atoms with Crippen molar-refractivity contribution in [3.8, 4) is 34.7 Å². The average molecular weight is 398 g/mol. The highest BCUT2D eigenvalue weighted by molar-refractivity contribution is 5.83. The van der Waals surface area contributed by atoms with Gasteiger partial charge in [-0.05, 0) is 18.9 Å². The molecule has 1 saturated carbocycles. The Bertz CT molecular complexity index is 1340. The van der Waals surface area contributed by atoms with Gasteiger partial charge in [-0.1, -0.05) is 0 Å². The van der Waals surface area contributed by atoms with E-state index >= 15 is 0 Å². The Hall–Kier alpha value is -4.18. The molecule has 1 aliphatic rings. The first-order valence-electron chi connectivity index (χ1n) is 9.49. The number of aryl methyl sites for hydroxylation is 1. The zero-order valence-corrected chi connectivity index (χ0v) is 16.3. The van der Waals surface area contributed by atoms with Crippen LogP contribution in [0.1, 0.15) is 19.3 Å². The number of nitrogen functional groups attached to an aromatic ring is 1. The minimum absolute atomic E-state index is 0.0687. The highest BCUT2D eigenvalue weighted by atomic mass is 15.3. The molecule has 2 N–H and O–H groups in total.